The summed E-state index contributed by atoms with van der Waals surface area (Å²) in [6, 6.07) is 27.4. The molecule has 0 radical (unpaired) electrons. The molecule has 0 unspecified atom stereocenters. The number of anilines is 6. The number of nitrogens with two attached hydrogens (primary N) is 1. The molecule has 0 atom stereocenters. The maximum absolute atomic E-state index is 12.4. The molecular formula is C52H45F3N6O14S3. The second kappa shape index (κ2) is 25.0. The van der Waals surface area contributed by atoms with Gasteiger partial charge in [-0.25, -0.2) is 38.4 Å². The molecule has 0 aliphatic carbocycles. The number of urea groups is 2. The van der Waals surface area contributed by atoms with E-state index in [9.17, 15) is 51.5 Å². The van der Waals surface area contributed by atoms with Gasteiger partial charge in [0.05, 0.1) is 38.9 Å². The number of nitrogens with zero attached hydrogens (tertiary/aromatic N) is 2. The molecule has 0 saturated carbocycles. The van der Waals surface area contributed by atoms with Gasteiger partial charge < -0.3 is 49.5 Å². The Labute approximate surface area is 450 Å². The van der Waals surface area contributed by atoms with Crippen molar-refractivity contribution in [2.45, 2.75) is 20.0 Å². The number of benzene rings is 3. The third-order valence-electron chi connectivity index (χ3n) is 10.6. The fraction of sp³-hybridized carbons (Fsp3) is 0.154. The van der Waals surface area contributed by atoms with Crippen LogP contribution >= 0.6 is 34.0 Å². The van der Waals surface area contributed by atoms with Gasteiger partial charge in [0, 0.05) is 56.4 Å². The standard InChI is InChI=1S/C18H16N2O5S.C17H14N2O5S.C10H9NO4S.C7H6F3N/c1-10-4-6-11(7-5-10)19-18(23)20(2)15-9-13-14(26-15)8-12(16(21)24-3)17(22)25-13;1-9-3-5-10(6-4-9)18-17(23)19(2)14-8-12-13(25-14)7-11(15(20)21)16(22)24-12;1-11-8-4-6-7(16-8)3-5(9(12)14-2)10(13)15-6;8-7(9,10)5-1-3-6(11)4-2-5/h4-9H,1-3H3,(H,19,23);3-8H,1-2H3,(H,18,23)(H,20,21);3-4,11H,1-2H3;1-4H,11H2. The molecule has 3 aromatic carbocycles. The van der Waals surface area contributed by atoms with E-state index >= 15 is 0 Å². The van der Waals surface area contributed by atoms with Gasteiger partial charge in [0.25, 0.3) is 0 Å². The molecule has 9 aromatic rings. The summed E-state index contributed by atoms with van der Waals surface area (Å²) in [6.07, 6.45) is -4.27. The molecule has 6 N–H and O–H groups in total. The zero-order valence-corrected chi connectivity index (χ0v) is 44.4. The van der Waals surface area contributed by atoms with Gasteiger partial charge in [-0.15, -0.1) is 34.0 Å². The van der Waals surface area contributed by atoms with Gasteiger partial charge in [-0.1, -0.05) is 35.4 Å². The van der Waals surface area contributed by atoms with Gasteiger partial charge in [-0.3, -0.25) is 9.80 Å². The highest BCUT2D eigenvalue weighted by molar-refractivity contribution is 7.23. The molecule has 20 nitrogen and oxygen atoms in total. The number of ether oxygens (including phenoxy) is 2. The number of hydrogen-bond donors (Lipinski definition) is 5. The maximum Gasteiger partial charge on any atom is 0.416 e. The van der Waals surface area contributed by atoms with Crippen LogP contribution in [0.4, 0.5) is 54.8 Å². The van der Waals surface area contributed by atoms with Crippen LogP contribution in [0.25, 0.3) is 30.8 Å². The van der Waals surface area contributed by atoms with Crippen molar-refractivity contribution in [3.63, 3.8) is 0 Å². The van der Waals surface area contributed by atoms with Crippen LogP contribution in [0.15, 0.2) is 137 Å². The number of esters is 2. The molecular weight excluding hydrogens is 1090 g/mol. The molecule has 9 rings (SSSR count). The van der Waals surface area contributed by atoms with Crippen LogP contribution in [-0.4, -0.2) is 70.4 Å². The number of carboxylic acids is 1. The van der Waals surface area contributed by atoms with Gasteiger partial charge in [-0.05, 0) is 80.6 Å². The minimum Gasteiger partial charge on any atom is -0.477 e. The lowest BCUT2D eigenvalue weighted by molar-refractivity contribution is -0.137. The van der Waals surface area contributed by atoms with Crippen LogP contribution < -0.4 is 48.4 Å². The first-order chi connectivity index (χ1) is 36.9. The molecule has 0 bridgehead atoms. The molecule has 4 amide bonds. The van der Waals surface area contributed by atoms with Crippen molar-refractivity contribution in [2.75, 3.05) is 66.8 Å². The summed E-state index contributed by atoms with van der Waals surface area (Å²) < 4.78 is 61.6. The molecule has 26 heteroatoms. The largest absolute Gasteiger partial charge is 0.477 e. The first-order valence-electron chi connectivity index (χ1n) is 22.4. The lowest BCUT2D eigenvalue weighted by Gasteiger charge is -2.15. The van der Waals surface area contributed by atoms with Gasteiger partial charge in [-0.2, -0.15) is 13.2 Å². The maximum atomic E-state index is 12.4. The lowest BCUT2D eigenvalue weighted by Crippen LogP contribution is -2.30. The topological polar surface area (TPSA) is 283 Å². The highest BCUT2D eigenvalue weighted by Crippen LogP contribution is 2.34. The number of hydrogen-bond acceptors (Lipinski definition) is 18. The summed E-state index contributed by atoms with van der Waals surface area (Å²) in [7, 11) is 7.36. The number of carbonyl (C=O) groups is 5. The number of alkyl halides is 3. The average Bonchev–Trinajstić information content (AvgIpc) is 4.22. The summed E-state index contributed by atoms with van der Waals surface area (Å²) >= 11 is 3.77. The van der Waals surface area contributed by atoms with E-state index in [0.717, 1.165) is 44.3 Å². The Morgan fingerprint density at radius 1 is 0.577 bits per heavy atom. The van der Waals surface area contributed by atoms with Crippen LogP contribution in [0.3, 0.4) is 0 Å². The number of aromatic carboxylic acids is 1. The fourth-order valence-corrected chi connectivity index (χ4v) is 9.24. The SMILES string of the molecule is CNc1cc2oc(=O)c(C(=O)OC)cc2s1.COC(=O)c1cc2sc(N(C)C(=O)Nc3ccc(C)cc3)cc2oc1=O.Cc1ccc(NC(=O)N(C)c2cc3oc(=O)c(C(=O)O)cc3s2)cc1.Nc1ccc(C(F)(F)F)cc1. The molecule has 6 heterocycles. The van der Waals surface area contributed by atoms with Crippen molar-refractivity contribution in [3.05, 3.63) is 174 Å². The molecule has 6 aromatic heterocycles. The van der Waals surface area contributed by atoms with E-state index in [2.05, 4.69) is 25.4 Å². The van der Waals surface area contributed by atoms with Crippen LogP contribution in [0.2, 0.25) is 0 Å². The third-order valence-corrected chi connectivity index (χ3v) is 14.0. The normalized spacial score (nSPS) is 10.7. The summed E-state index contributed by atoms with van der Waals surface area (Å²) in [5.74, 6) is -2.80. The van der Waals surface area contributed by atoms with Gasteiger partial charge in [0.1, 0.15) is 26.7 Å². The number of nitrogens with one attached hydrogen (secondary N) is 3. The van der Waals surface area contributed by atoms with Crippen LogP contribution in [0.5, 0.6) is 0 Å². The molecule has 0 spiro atoms. The van der Waals surface area contributed by atoms with Crippen molar-refractivity contribution in [2.24, 2.45) is 0 Å². The van der Waals surface area contributed by atoms with E-state index in [1.807, 2.05) is 50.2 Å². The summed E-state index contributed by atoms with van der Waals surface area (Å²) in [5, 5.41) is 19.4. The number of nitrogen functional groups attached to an aromatic ring is 1. The fourth-order valence-electron chi connectivity index (χ4n) is 6.38. The molecule has 78 heavy (non-hydrogen) atoms. The number of halogens is 3. The number of thiophene rings is 3. The first kappa shape index (κ1) is 58.0. The molecule has 0 aliphatic rings. The quantitative estimate of drug-likeness (QED) is 0.0698. The van der Waals surface area contributed by atoms with E-state index in [0.29, 0.717) is 47.6 Å². The Kier molecular flexibility index (Phi) is 18.6. The van der Waals surface area contributed by atoms with E-state index in [1.54, 1.807) is 45.4 Å². The van der Waals surface area contributed by atoms with Gasteiger partial charge >= 0.3 is 53.0 Å². The minimum atomic E-state index is -4.27. The van der Waals surface area contributed by atoms with E-state index in [-0.39, 0.29) is 28.8 Å². The van der Waals surface area contributed by atoms with Crippen LogP contribution in [0.1, 0.15) is 47.8 Å². The Morgan fingerprint density at radius 3 is 1.32 bits per heavy atom. The molecule has 0 aliphatic heterocycles. The minimum absolute atomic E-state index is 0.0838. The summed E-state index contributed by atoms with van der Waals surface area (Å²) in [6.45, 7) is 3.92. The highest BCUT2D eigenvalue weighted by Gasteiger charge is 2.30. The molecule has 0 saturated heterocycles. The van der Waals surface area contributed by atoms with Crippen molar-refractivity contribution in [1.29, 1.82) is 0 Å². The summed E-state index contributed by atoms with van der Waals surface area (Å²) in [5.41, 5.74) is 6.30. The Hall–Kier alpha value is -9.27. The van der Waals surface area contributed by atoms with Gasteiger partial charge in [0.15, 0.2) is 16.7 Å². The van der Waals surface area contributed by atoms with Crippen LogP contribution in [-0.2, 0) is 15.7 Å². The number of carboxylic acid groups (broad SMARTS) is 1. The Bertz CT molecular complexity index is 3850. The summed E-state index contributed by atoms with van der Waals surface area (Å²) in [4.78, 5) is 96.3. The van der Waals surface area contributed by atoms with Crippen LogP contribution in [0, 0.1) is 13.8 Å². The zero-order chi connectivity index (χ0) is 57.2. The van der Waals surface area contributed by atoms with Crippen molar-refractivity contribution < 1.29 is 65.0 Å². The number of fused-ring (bicyclic) bond motifs is 3. The Morgan fingerprint density at radius 2 is 0.949 bits per heavy atom. The number of methoxy groups -OCH3 is 2. The smallest absolute Gasteiger partial charge is 0.416 e. The van der Waals surface area contributed by atoms with Crippen molar-refractivity contribution in [1.82, 2.24) is 0 Å². The van der Waals surface area contributed by atoms with Crippen molar-refractivity contribution in [3.8, 4) is 0 Å². The first-order valence-corrected chi connectivity index (χ1v) is 24.8. The third kappa shape index (κ3) is 14.6. The predicted octanol–water partition coefficient (Wildman–Crippen LogP) is 11.1. The zero-order valence-electron chi connectivity index (χ0n) is 42.0. The molecule has 0 fully saturated rings. The van der Waals surface area contributed by atoms with Crippen molar-refractivity contribution >= 4 is 127 Å². The van der Waals surface area contributed by atoms with E-state index in [1.165, 1.54) is 83.1 Å². The second-order valence-electron chi connectivity index (χ2n) is 16.2. The average molecular weight is 1130 g/mol. The Balaban J connectivity index is 0.000000176. The number of aryl methyl sites for hydroxylation is 2. The van der Waals surface area contributed by atoms with E-state index < -0.39 is 52.1 Å². The number of carbonyl (C=O) groups excluding carboxylic acids is 4. The monoisotopic (exact) mass is 1130 g/mol. The predicted molar refractivity (Wildman–Crippen MR) is 293 cm³/mol. The molecule has 406 valence electrons. The number of amides is 4. The van der Waals surface area contributed by atoms with Gasteiger partial charge in [0.2, 0.25) is 0 Å². The number of rotatable bonds is 8. The van der Waals surface area contributed by atoms with E-state index in [4.69, 9.17) is 24.1 Å². The lowest BCUT2D eigenvalue weighted by atomic mass is 10.2. The second-order valence-corrected chi connectivity index (χ2v) is 19.4. The highest BCUT2D eigenvalue weighted by atomic mass is 32.1.